The van der Waals surface area contributed by atoms with Gasteiger partial charge in [-0.2, -0.15) is 5.10 Å². The van der Waals surface area contributed by atoms with Gasteiger partial charge in [-0.05, 0) is 5.41 Å². The third kappa shape index (κ3) is 2.43. The van der Waals surface area contributed by atoms with Crippen LogP contribution in [0.3, 0.4) is 0 Å². The van der Waals surface area contributed by atoms with E-state index in [0.717, 1.165) is 17.2 Å². The van der Waals surface area contributed by atoms with Gasteiger partial charge in [0.05, 0.1) is 6.04 Å². The molecule has 0 radical (unpaired) electrons. The normalized spacial score (nSPS) is 13.6. The summed E-state index contributed by atoms with van der Waals surface area (Å²) in [5, 5.41) is 4.44. The van der Waals surface area contributed by atoms with Gasteiger partial charge in [0.25, 0.3) is 0 Å². The van der Waals surface area contributed by atoms with Crippen molar-refractivity contribution in [1.29, 1.82) is 0 Å². The lowest BCUT2D eigenvalue weighted by atomic mass is 9.87. The zero-order valence-electron chi connectivity index (χ0n) is 11.4. The summed E-state index contributed by atoms with van der Waals surface area (Å²) < 4.78 is 1.78. The zero-order chi connectivity index (χ0) is 13.3. The summed E-state index contributed by atoms with van der Waals surface area (Å²) in [6, 6.07) is 9.81. The summed E-state index contributed by atoms with van der Waals surface area (Å²) >= 11 is 0. The van der Waals surface area contributed by atoms with Crippen LogP contribution >= 0.6 is 0 Å². The number of nitrogens with two attached hydrogens (primary N) is 1. The van der Waals surface area contributed by atoms with Gasteiger partial charge in [-0.15, -0.1) is 0 Å². The van der Waals surface area contributed by atoms with Crippen LogP contribution in [0, 0.1) is 5.41 Å². The second-order valence-electron chi connectivity index (χ2n) is 5.63. The predicted molar refractivity (Wildman–Crippen MR) is 72.8 cm³/mol. The molecule has 0 fully saturated rings. The van der Waals surface area contributed by atoms with Crippen molar-refractivity contribution in [2.45, 2.75) is 26.8 Å². The summed E-state index contributed by atoms with van der Waals surface area (Å²) in [6.45, 7) is 6.32. The van der Waals surface area contributed by atoms with Gasteiger partial charge in [-0.3, -0.25) is 4.68 Å². The topological polar surface area (TPSA) is 56.7 Å². The van der Waals surface area contributed by atoms with E-state index in [9.17, 15) is 0 Å². The molecule has 0 saturated carbocycles. The number of aromatic nitrogens is 3. The highest BCUT2D eigenvalue weighted by molar-refractivity contribution is 5.54. The number of benzene rings is 1. The van der Waals surface area contributed by atoms with E-state index in [0.29, 0.717) is 0 Å². The minimum atomic E-state index is -0.132. The van der Waals surface area contributed by atoms with E-state index in [1.165, 1.54) is 0 Å². The summed E-state index contributed by atoms with van der Waals surface area (Å²) in [6.07, 6.45) is 0. The van der Waals surface area contributed by atoms with Crippen molar-refractivity contribution in [2.75, 3.05) is 0 Å². The van der Waals surface area contributed by atoms with Gasteiger partial charge in [-0.25, -0.2) is 4.98 Å². The highest BCUT2D eigenvalue weighted by Crippen LogP contribution is 2.30. The number of nitrogens with zero attached hydrogens (tertiary/aromatic N) is 3. The third-order valence-electron chi connectivity index (χ3n) is 3.04. The summed E-state index contributed by atoms with van der Waals surface area (Å²) in [7, 11) is 1.89. The molecule has 2 N–H and O–H groups in total. The number of hydrogen-bond acceptors (Lipinski definition) is 3. The van der Waals surface area contributed by atoms with Crippen molar-refractivity contribution < 1.29 is 0 Å². The number of hydrogen-bond donors (Lipinski definition) is 1. The van der Waals surface area contributed by atoms with E-state index in [1.54, 1.807) is 4.68 Å². The van der Waals surface area contributed by atoms with E-state index >= 15 is 0 Å². The van der Waals surface area contributed by atoms with Crippen LogP contribution in [0.5, 0.6) is 0 Å². The Labute approximate surface area is 108 Å². The quantitative estimate of drug-likeness (QED) is 0.883. The first-order chi connectivity index (χ1) is 8.39. The van der Waals surface area contributed by atoms with Crippen molar-refractivity contribution in [3.63, 3.8) is 0 Å². The molecule has 1 atom stereocenters. The fraction of sp³-hybridized carbons (Fsp3) is 0.429. The molecule has 1 aromatic carbocycles. The lowest BCUT2D eigenvalue weighted by Crippen LogP contribution is -2.29. The summed E-state index contributed by atoms with van der Waals surface area (Å²) in [4.78, 5) is 4.57. The number of aryl methyl sites for hydroxylation is 1. The Bertz CT molecular complexity index is 522. The van der Waals surface area contributed by atoms with E-state index in [4.69, 9.17) is 5.73 Å². The lowest BCUT2D eigenvalue weighted by Gasteiger charge is -2.25. The van der Waals surface area contributed by atoms with Crippen molar-refractivity contribution in [1.82, 2.24) is 14.8 Å². The first-order valence-electron chi connectivity index (χ1n) is 6.11. The maximum Gasteiger partial charge on any atom is 0.181 e. The molecule has 2 rings (SSSR count). The molecule has 0 aliphatic heterocycles. The minimum absolute atomic E-state index is 0.0330. The maximum absolute atomic E-state index is 6.24. The van der Waals surface area contributed by atoms with Gasteiger partial charge in [0, 0.05) is 12.6 Å². The van der Waals surface area contributed by atoms with E-state index in [1.807, 2.05) is 37.4 Å². The fourth-order valence-electron chi connectivity index (χ4n) is 1.76. The van der Waals surface area contributed by atoms with E-state index in [-0.39, 0.29) is 11.5 Å². The summed E-state index contributed by atoms with van der Waals surface area (Å²) in [5.41, 5.74) is 7.22. The molecule has 0 spiro atoms. The molecule has 96 valence electrons. The smallest absolute Gasteiger partial charge is 0.181 e. The first kappa shape index (κ1) is 12.8. The molecule has 0 saturated heterocycles. The van der Waals surface area contributed by atoms with Crippen molar-refractivity contribution >= 4 is 0 Å². The molecular weight excluding hydrogens is 224 g/mol. The van der Waals surface area contributed by atoms with Crippen LogP contribution in [0.25, 0.3) is 11.4 Å². The van der Waals surface area contributed by atoms with Crippen LogP contribution in [-0.4, -0.2) is 14.8 Å². The zero-order valence-corrected chi connectivity index (χ0v) is 11.4. The van der Waals surface area contributed by atoms with E-state index < -0.39 is 0 Å². The standard InChI is InChI=1S/C14H20N4/c1-14(2,3)11(15)13-16-12(17-18(13)4)10-8-6-5-7-9-10/h5-9,11H,15H2,1-4H3. The average molecular weight is 244 g/mol. The lowest BCUT2D eigenvalue weighted by molar-refractivity contribution is 0.308. The maximum atomic E-state index is 6.24. The molecule has 1 heterocycles. The Morgan fingerprint density at radius 3 is 2.33 bits per heavy atom. The second-order valence-corrected chi connectivity index (χ2v) is 5.63. The van der Waals surface area contributed by atoms with Crippen LogP contribution in [-0.2, 0) is 7.05 Å². The highest BCUT2D eigenvalue weighted by Gasteiger charge is 2.27. The molecule has 0 bridgehead atoms. The molecule has 2 aromatic rings. The first-order valence-corrected chi connectivity index (χ1v) is 6.11. The largest absolute Gasteiger partial charge is 0.321 e. The molecule has 0 aliphatic rings. The Balaban J connectivity index is 2.39. The van der Waals surface area contributed by atoms with Crippen LogP contribution in [0.1, 0.15) is 32.6 Å². The van der Waals surface area contributed by atoms with Crippen LogP contribution in [0.2, 0.25) is 0 Å². The van der Waals surface area contributed by atoms with Gasteiger partial charge >= 0.3 is 0 Å². The Morgan fingerprint density at radius 1 is 1.17 bits per heavy atom. The average Bonchev–Trinajstić information content (AvgIpc) is 2.70. The molecular formula is C14H20N4. The van der Waals surface area contributed by atoms with Gasteiger partial charge in [0.2, 0.25) is 0 Å². The Hall–Kier alpha value is -1.68. The van der Waals surface area contributed by atoms with Gasteiger partial charge < -0.3 is 5.73 Å². The third-order valence-corrected chi connectivity index (χ3v) is 3.04. The highest BCUT2D eigenvalue weighted by atomic mass is 15.3. The Morgan fingerprint density at radius 2 is 1.78 bits per heavy atom. The molecule has 18 heavy (non-hydrogen) atoms. The molecule has 4 nitrogen and oxygen atoms in total. The minimum Gasteiger partial charge on any atom is -0.321 e. The van der Waals surface area contributed by atoms with Crippen LogP contribution < -0.4 is 5.73 Å². The van der Waals surface area contributed by atoms with Crippen LogP contribution in [0.15, 0.2) is 30.3 Å². The van der Waals surface area contributed by atoms with Gasteiger partial charge in [0.15, 0.2) is 5.82 Å². The van der Waals surface area contributed by atoms with Gasteiger partial charge in [-0.1, -0.05) is 51.1 Å². The molecule has 0 aliphatic carbocycles. The summed E-state index contributed by atoms with van der Waals surface area (Å²) in [5.74, 6) is 1.55. The molecule has 0 amide bonds. The van der Waals surface area contributed by atoms with Crippen LogP contribution in [0.4, 0.5) is 0 Å². The van der Waals surface area contributed by atoms with Crippen molar-refractivity contribution in [3.8, 4) is 11.4 Å². The SMILES string of the molecule is Cn1nc(-c2ccccc2)nc1C(N)C(C)(C)C. The second kappa shape index (κ2) is 4.53. The monoisotopic (exact) mass is 244 g/mol. The van der Waals surface area contributed by atoms with Crippen molar-refractivity contribution in [3.05, 3.63) is 36.2 Å². The fourth-order valence-corrected chi connectivity index (χ4v) is 1.76. The van der Waals surface area contributed by atoms with Gasteiger partial charge in [0.1, 0.15) is 5.82 Å². The Kier molecular flexibility index (Phi) is 3.22. The predicted octanol–water partition coefficient (Wildman–Crippen LogP) is 2.53. The number of rotatable bonds is 2. The van der Waals surface area contributed by atoms with Crippen molar-refractivity contribution in [2.24, 2.45) is 18.2 Å². The van der Waals surface area contributed by atoms with E-state index in [2.05, 4.69) is 30.9 Å². The molecule has 1 aromatic heterocycles. The molecule has 4 heteroatoms. The molecule has 1 unspecified atom stereocenters.